The number of hydrogen-bond donors (Lipinski definition) is 1. The van der Waals surface area contributed by atoms with Crippen molar-refractivity contribution in [3.05, 3.63) is 0 Å². The summed E-state index contributed by atoms with van der Waals surface area (Å²) < 4.78 is 26.0. The number of rotatable bonds is 2. The van der Waals surface area contributed by atoms with Crippen LogP contribution in [-0.2, 0) is 10.0 Å². The van der Waals surface area contributed by atoms with Crippen LogP contribution in [0.3, 0.4) is 0 Å². The quantitative estimate of drug-likeness (QED) is 0.779. The summed E-state index contributed by atoms with van der Waals surface area (Å²) in [4.78, 5) is 2.10. The van der Waals surface area contributed by atoms with E-state index in [1.807, 2.05) is 14.0 Å². The number of nitrogen functional groups attached to an aromatic ring is 1. The highest BCUT2D eigenvalue weighted by molar-refractivity contribution is 7.91. The summed E-state index contributed by atoms with van der Waals surface area (Å²) in [5.74, 6) is 0. The van der Waals surface area contributed by atoms with Gasteiger partial charge in [0.1, 0.15) is 0 Å². The van der Waals surface area contributed by atoms with Gasteiger partial charge in [-0.25, -0.2) is 8.42 Å². The largest absolute Gasteiger partial charge is 0.374 e. The van der Waals surface area contributed by atoms with Crippen LogP contribution >= 0.6 is 11.3 Å². The van der Waals surface area contributed by atoms with Gasteiger partial charge in [0.25, 0.3) is 10.0 Å². The van der Waals surface area contributed by atoms with E-state index >= 15 is 0 Å². The molecule has 0 spiro atoms. The molecule has 0 saturated carbocycles. The van der Waals surface area contributed by atoms with E-state index in [2.05, 4.69) is 15.1 Å². The number of hydrogen-bond acceptors (Lipinski definition) is 7. The Labute approximate surface area is 104 Å². The Morgan fingerprint density at radius 1 is 1.41 bits per heavy atom. The topological polar surface area (TPSA) is 92.4 Å². The molecule has 2 rings (SSSR count). The van der Waals surface area contributed by atoms with Crippen LogP contribution in [0.1, 0.15) is 6.92 Å². The SMILES string of the molecule is CC1CN(C)CCN1S(=O)(=O)c1nnc(N)s1. The van der Waals surface area contributed by atoms with Crippen molar-refractivity contribution < 1.29 is 8.42 Å². The highest BCUT2D eigenvalue weighted by atomic mass is 32.2. The molecule has 1 atom stereocenters. The Bertz CT molecular complexity index is 500. The standard InChI is InChI=1S/C8H15N5O2S2/c1-6-5-12(2)3-4-13(6)17(14,15)8-11-10-7(9)16-8/h6H,3-5H2,1-2H3,(H2,9,10). The molecule has 0 aliphatic carbocycles. The number of aromatic nitrogens is 2. The van der Waals surface area contributed by atoms with Crippen LogP contribution in [0.4, 0.5) is 5.13 Å². The van der Waals surface area contributed by atoms with Gasteiger partial charge in [0.15, 0.2) is 0 Å². The highest BCUT2D eigenvalue weighted by Crippen LogP contribution is 2.24. The molecular formula is C8H15N5O2S2. The Kier molecular flexibility index (Phi) is 3.34. The zero-order valence-corrected chi connectivity index (χ0v) is 11.3. The molecule has 2 N–H and O–H groups in total. The van der Waals surface area contributed by atoms with Crippen LogP contribution in [0.5, 0.6) is 0 Å². The third-order valence-electron chi connectivity index (χ3n) is 2.72. The second-order valence-corrected chi connectivity index (χ2v) is 7.21. The van der Waals surface area contributed by atoms with Crippen molar-refractivity contribution in [2.24, 2.45) is 0 Å². The second-order valence-electron chi connectivity index (χ2n) is 4.13. The highest BCUT2D eigenvalue weighted by Gasteiger charge is 2.34. The first-order valence-corrected chi connectivity index (χ1v) is 7.46. The number of nitrogens with two attached hydrogens (primary N) is 1. The van der Waals surface area contributed by atoms with Crippen molar-refractivity contribution in [1.29, 1.82) is 0 Å². The fraction of sp³-hybridized carbons (Fsp3) is 0.750. The van der Waals surface area contributed by atoms with Crippen molar-refractivity contribution >= 4 is 26.5 Å². The van der Waals surface area contributed by atoms with Gasteiger partial charge < -0.3 is 10.6 Å². The van der Waals surface area contributed by atoms with Crippen molar-refractivity contribution in [3.8, 4) is 0 Å². The maximum Gasteiger partial charge on any atom is 0.272 e. The lowest BCUT2D eigenvalue weighted by atomic mass is 10.2. The van der Waals surface area contributed by atoms with Crippen LogP contribution in [0.25, 0.3) is 0 Å². The Balaban J connectivity index is 2.27. The smallest absolute Gasteiger partial charge is 0.272 e. The number of likely N-dealkylation sites (N-methyl/N-ethyl adjacent to an activating group) is 1. The monoisotopic (exact) mass is 277 g/mol. The van der Waals surface area contributed by atoms with Gasteiger partial charge in [-0.15, -0.1) is 10.2 Å². The van der Waals surface area contributed by atoms with E-state index < -0.39 is 10.0 Å². The Morgan fingerprint density at radius 3 is 2.65 bits per heavy atom. The van der Waals surface area contributed by atoms with Crippen molar-refractivity contribution in [2.75, 3.05) is 32.4 Å². The normalized spacial score (nSPS) is 24.0. The molecule has 1 aromatic rings. The first kappa shape index (κ1) is 12.7. The number of nitrogens with zero attached hydrogens (tertiary/aromatic N) is 4. The third-order valence-corrected chi connectivity index (χ3v) is 5.83. The van der Waals surface area contributed by atoms with Crippen molar-refractivity contribution in [3.63, 3.8) is 0 Å². The van der Waals surface area contributed by atoms with Gasteiger partial charge >= 0.3 is 0 Å². The summed E-state index contributed by atoms with van der Waals surface area (Å²) in [5.41, 5.74) is 5.42. The van der Waals surface area contributed by atoms with E-state index in [4.69, 9.17) is 5.73 Å². The number of sulfonamides is 1. The van der Waals surface area contributed by atoms with Gasteiger partial charge in [-0.05, 0) is 14.0 Å². The van der Waals surface area contributed by atoms with Gasteiger partial charge in [0, 0.05) is 25.7 Å². The van der Waals surface area contributed by atoms with E-state index in [0.29, 0.717) is 13.1 Å². The van der Waals surface area contributed by atoms with E-state index in [0.717, 1.165) is 17.9 Å². The molecule has 17 heavy (non-hydrogen) atoms. The zero-order valence-electron chi connectivity index (χ0n) is 9.70. The summed E-state index contributed by atoms with van der Waals surface area (Å²) in [7, 11) is -1.57. The molecule has 0 bridgehead atoms. The predicted molar refractivity (Wildman–Crippen MR) is 65.2 cm³/mol. The molecule has 2 heterocycles. The van der Waals surface area contributed by atoms with Crippen LogP contribution in [-0.4, -0.2) is 60.5 Å². The van der Waals surface area contributed by atoms with E-state index in [-0.39, 0.29) is 15.5 Å². The lowest BCUT2D eigenvalue weighted by molar-refractivity contribution is 0.170. The average molecular weight is 277 g/mol. The van der Waals surface area contributed by atoms with Gasteiger partial charge in [-0.1, -0.05) is 11.3 Å². The molecule has 0 radical (unpaired) electrons. The van der Waals surface area contributed by atoms with Crippen LogP contribution in [0.2, 0.25) is 0 Å². The molecule has 1 aliphatic heterocycles. The molecule has 0 aromatic carbocycles. The molecule has 0 amide bonds. The fourth-order valence-corrected chi connectivity index (χ4v) is 4.42. The number of piperazine rings is 1. The summed E-state index contributed by atoms with van der Waals surface area (Å²) in [6.07, 6.45) is 0. The Morgan fingerprint density at radius 2 is 2.12 bits per heavy atom. The predicted octanol–water partition coefficient (Wildman–Crippen LogP) is -0.555. The van der Waals surface area contributed by atoms with Crippen molar-refractivity contribution in [2.45, 2.75) is 17.3 Å². The van der Waals surface area contributed by atoms with Gasteiger partial charge in [-0.2, -0.15) is 4.31 Å². The zero-order chi connectivity index (χ0) is 12.6. The molecule has 96 valence electrons. The van der Waals surface area contributed by atoms with Crippen LogP contribution in [0, 0.1) is 0 Å². The minimum absolute atomic E-state index is 0.0218. The molecule has 1 aromatic heterocycles. The molecule has 7 nitrogen and oxygen atoms in total. The minimum atomic E-state index is -3.54. The molecule has 1 saturated heterocycles. The van der Waals surface area contributed by atoms with E-state index in [1.165, 1.54) is 4.31 Å². The molecule has 1 aliphatic rings. The summed E-state index contributed by atoms with van der Waals surface area (Å²) >= 11 is 0.903. The first-order chi connectivity index (χ1) is 7.91. The summed E-state index contributed by atoms with van der Waals surface area (Å²) in [5, 5.41) is 7.34. The minimum Gasteiger partial charge on any atom is -0.374 e. The molecule has 9 heteroatoms. The molecule has 1 fully saturated rings. The lowest BCUT2D eigenvalue weighted by Crippen LogP contribution is -2.52. The summed E-state index contributed by atoms with van der Waals surface area (Å²) in [6, 6.07) is -0.0659. The van der Waals surface area contributed by atoms with Gasteiger partial charge in [-0.3, -0.25) is 0 Å². The fourth-order valence-electron chi connectivity index (χ4n) is 1.91. The first-order valence-electron chi connectivity index (χ1n) is 5.20. The molecule has 1 unspecified atom stereocenters. The maximum atomic E-state index is 12.3. The van der Waals surface area contributed by atoms with Crippen LogP contribution < -0.4 is 5.73 Å². The number of anilines is 1. The third kappa shape index (κ3) is 2.41. The molecular weight excluding hydrogens is 262 g/mol. The van der Waals surface area contributed by atoms with Crippen LogP contribution in [0.15, 0.2) is 4.34 Å². The average Bonchev–Trinajstić information content (AvgIpc) is 2.64. The van der Waals surface area contributed by atoms with Gasteiger partial charge in [0.2, 0.25) is 9.47 Å². The lowest BCUT2D eigenvalue weighted by Gasteiger charge is -2.36. The summed E-state index contributed by atoms with van der Waals surface area (Å²) in [6.45, 7) is 3.79. The van der Waals surface area contributed by atoms with E-state index in [9.17, 15) is 8.42 Å². The maximum absolute atomic E-state index is 12.3. The van der Waals surface area contributed by atoms with Crippen molar-refractivity contribution in [1.82, 2.24) is 19.4 Å². The van der Waals surface area contributed by atoms with E-state index in [1.54, 1.807) is 0 Å². The second kappa shape index (κ2) is 4.48. The Hall–Kier alpha value is -0.770. The van der Waals surface area contributed by atoms with Gasteiger partial charge in [0.05, 0.1) is 0 Å².